The van der Waals surface area contributed by atoms with Gasteiger partial charge in [-0.1, -0.05) is 18.2 Å². The van der Waals surface area contributed by atoms with Crippen molar-refractivity contribution in [3.63, 3.8) is 0 Å². The molecule has 5 heteroatoms. The van der Waals surface area contributed by atoms with Crippen LogP contribution < -0.4 is 10.2 Å². The van der Waals surface area contributed by atoms with E-state index < -0.39 is 0 Å². The van der Waals surface area contributed by atoms with Gasteiger partial charge in [-0.25, -0.2) is 0 Å². The van der Waals surface area contributed by atoms with Gasteiger partial charge in [0.1, 0.15) is 0 Å². The number of amides is 1. The standard InChI is InChI=1S/C20H25N3OS/c24-20(10-15-25-19-4-2-1-3-5-19)22-16-17-8-13-23(14-9-17)18-6-11-21-12-7-18/h1-7,11-12,17H,8-10,13-16H2,(H,22,24). The minimum atomic E-state index is 0.167. The molecular formula is C20H25N3OS. The number of aromatic nitrogens is 1. The van der Waals surface area contributed by atoms with Gasteiger partial charge in [0.2, 0.25) is 5.91 Å². The number of rotatable bonds is 7. The first-order valence-corrected chi connectivity index (χ1v) is 9.89. The summed E-state index contributed by atoms with van der Waals surface area (Å²) < 4.78 is 0. The summed E-state index contributed by atoms with van der Waals surface area (Å²) in [6, 6.07) is 14.4. The summed E-state index contributed by atoms with van der Waals surface area (Å²) in [6.45, 7) is 2.90. The van der Waals surface area contributed by atoms with Crippen LogP contribution in [0.5, 0.6) is 0 Å². The van der Waals surface area contributed by atoms with E-state index in [0.717, 1.165) is 38.2 Å². The molecule has 1 amide bonds. The Balaban J connectivity index is 1.31. The fourth-order valence-electron chi connectivity index (χ4n) is 3.08. The highest BCUT2D eigenvalue weighted by atomic mass is 32.2. The third-order valence-electron chi connectivity index (χ3n) is 4.57. The van der Waals surface area contributed by atoms with E-state index in [9.17, 15) is 4.79 Å². The smallest absolute Gasteiger partial charge is 0.220 e. The topological polar surface area (TPSA) is 45.2 Å². The van der Waals surface area contributed by atoms with Crippen molar-refractivity contribution in [3.8, 4) is 0 Å². The largest absolute Gasteiger partial charge is 0.371 e. The number of anilines is 1. The molecule has 0 aliphatic carbocycles. The lowest BCUT2D eigenvalue weighted by Crippen LogP contribution is -2.38. The summed E-state index contributed by atoms with van der Waals surface area (Å²) in [5, 5.41) is 3.11. The van der Waals surface area contributed by atoms with Crippen LogP contribution in [0.15, 0.2) is 59.8 Å². The summed E-state index contributed by atoms with van der Waals surface area (Å²) in [5.41, 5.74) is 1.25. The third-order valence-corrected chi connectivity index (χ3v) is 5.59. The fraction of sp³-hybridized carbons (Fsp3) is 0.400. The number of thioether (sulfide) groups is 1. The Hall–Kier alpha value is -2.01. The van der Waals surface area contributed by atoms with E-state index in [4.69, 9.17) is 0 Å². The summed E-state index contributed by atoms with van der Waals surface area (Å²) >= 11 is 1.74. The van der Waals surface area contributed by atoms with E-state index >= 15 is 0 Å². The van der Waals surface area contributed by atoms with Crippen LogP contribution in [0.3, 0.4) is 0 Å². The monoisotopic (exact) mass is 355 g/mol. The zero-order valence-electron chi connectivity index (χ0n) is 14.4. The molecule has 1 saturated heterocycles. The highest BCUT2D eigenvalue weighted by Gasteiger charge is 2.19. The first-order valence-electron chi connectivity index (χ1n) is 8.91. The molecule has 0 bridgehead atoms. The summed E-state index contributed by atoms with van der Waals surface area (Å²) in [4.78, 5) is 19.7. The van der Waals surface area contributed by atoms with E-state index in [1.807, 2.05) is 30.6 Å². The number of carbonyl (C=O) groups excluding carboxylic acids is 1. The van der Waals surface area contributed by atoms with Crippen LogP contribution in [-0.2, 0) is 4.79 Å². The first kappa shape index (κ1) is 17.8. The van der Waals surface area contributed by atoms with Crippen molar-refractivity contribution < 1.29 is 4.79 Å². The maximum absolute atomic E-state index is 12.0. The number of hydrogen-bond donors (Lipinski definition) is 1. The molecule has 25 heavy (non-hydrogen) atoms. The van der Waals surface area contributed by atoms with Gasteiger partial charge in [0.05, 0.1) is 0 Å². The van der Waals surface area contributed by atoms with Gasteiger partial charge in [0.25, 0.3) is 0 Å². The zero-order chi connectivity index (χ0) is 17.3. The second kappa shape index (κ2) is 9.47. The van der Waals surface area contributed by atoms with Crippen LogP contribution in [0.25, 0.3) is 0 Å². The van der Waals surface area contributed by atoms with Crippen molar-refractivity contribution in [2.24, 2.45) is 5.92 Å². The average Bonchev–Trinajstić information content (AvgIpc) is 2.68. The van der Waals surface area contributed by atoms with E-state index in [-0.39, 0.29) is 5.91 Å². The number of hydrogen-bond acceptors (Lipinski definition) is 4. The fourth-order valence-corrected chi connectivity index (χ4v) is 3.95. The molecule has 1 aliphatic heterocycles. The predicted octanol–water partition coefficient (Wildman–Crippen LogP) is 3.60. The number of carbonyl (C=O) groups is 1. The molecule has 4 nitrogen and oxygen atoms in total. The molecule has 1 aromatic heterocycles. The Morgan fingerprint density at radius 2 is 1.84 bits per heavy atom. The normalized spacial score (nSPS) is 15.1. The van der Waals surface area contributed by atoms with Crippen molar-refractivity contribution >= 4 is 23.4 Å². The van der Waals surface area contributed by atoms with Gasteiger partial charge >= 0.3 is 0 Å². The van der Waals surface area contributed by atoms with Crippen molar-refractivity contribution in [2.75, 3.05) is 30.3 Å². The zero-order valence-corrected chi connectivity index (χ0v) is 15.3. The van der Waals surface area contributed by atoms with E-state index in [1.54, 1.807) is 11.8 Å². The molecule has 0 spiro atoms. The van der Waals surface area contributed by atoms with Crippen molar-refractivity contribution in [1.29, 1.82) is 0 Å². The molecule has 2 aromatic rings. The first-order chi connectivity index (χ1) is 12.3. The second-order valence-corrected chi connectivity index (χ2v) is 7.52. The number of nitrogens with zero attached hydrogens (tertiary/aromatic N) is 2. The highest BCUT2D eigenvalue weighted by Crippen LogP contribution is 2.22. The number of pyridine rings is 1. The molecule has 1 fully saturated rings. The van der Waals surface area contributed by atoms with Gasteiger partial charge in [-0.15, -0.1) is 11.8 Å². The van der Waals surface area contributed by atoms with Crippen LogP contribution >= 0.6 is 11.8 Å². The second-order valence-electron chi connectivity index (χ2n) is 6.35. The molecule has 132 valence electrons. The molecule has 1 aliphatic rings. The lowest BCUT2D eigenvalue weighted by Gasteiger charge is -2.33. The summed E-state index contributed by atoms with van der Waals surface area (Å²) in [6.07, 6.45) is 6.52. The maximum Gasteiger partial charge on any atom is 0.220 e. The van der Waals surface area contributed by atoms with Crippen LogP contribution in [0.2, 0.25) is 0 Å². The molecule has 0 unspecified atom stereocenters. The number of piperidine rings is 1. The molecule has 3 rings (SSSR count). The van der Waals surface area contributed by atoms with Crippen molar-refractivity contribution in [2.45, 2.75) is 24.2 Å². The quantitative estimate of drug-likeness (QED) is 0.771. The van der Waals surface area contributed by atoms with Gasteiger partial charge in [-0.3, -0.25) is 9.78 Å². The SMILES string of the molecule is O=C(CCSc1ccccc1)NCC1CCN(c2ccncc2)CC1. The Labute approximate surface area is 154 Å². The molecule has 0 atom stereocenters. The Kier molecular flexibility index (Phi) is 6.74. The number of nitrogens with one attached hydrogen (secondary N) is 1. The lowest BCUT2D eigenvalue weighted by atomic mass is 9.96. The van der Waals surface area contributed by atoms with Crippen LogP contribution in [0, 0.1) is 5.92 Å². The molecule has 2 heterocycles. The van der Waals surface area contributed by atoms with Gasteiger partial charge in [-0.05, 0) is 43.0 Å². The van der Waals surface area contributed by atoms with Gasteiger partial charge < -0.3 is 10.2 Å². The average molecular weight is 356 g/mol. The van der Waals surface area contributed by atoms with Crippen LogP contribution in [-0.4, -0.2) is 36.3 Å². The third kappa shape index (κ3) is 5.78. The summed E-state index contributed by atoms with van der Waals surface area (Å²) in [5.74, 6) is 1.58. The molecule has 0 saturated carbocycles. The Morgan fingerprint density at radius 1 is 1.12 bits per heavy atom. The van der Waals surface area contributed by atoms with Crippen LogP contribution in [0.1, 0.15) is 19.3 Å². The summed E-state index contributed by atoms with van der Waals surface area (Å²) in [7, 11) is 0. The van der Waals surface area contributed by atoms with E-state index in [0.29, 0.717) is 12.3 Å². The lowest BCUT2D eigenvalue weighted by molar-refractivity contribution is -0.120. The number of benzene rings is 1. The van der Waals surface area contributed by atoms with E-state index in [2.05, 4.69) is 39.5 Å². The molecule has 1 aromatic carbocycles. The minimum absolute atomic E-state index is 0.167. The van der Waals surface area contributed by atoms with Crippen molar-refractivity contribution in [1.82, 2.24) is 10.3 Å². The van der Waals surface area contributed by atoms with Crippen LogP contribution in [0.4, 0.5) is 5.69 Å². The molecule has 0 radical (unpaired) electrons. The Morgan fingerprint density at radius 3 is 2.56 bits per heavy atom. The minimum Gasteiger partial charge on any atom is -0.371 e. The van der Waals surface area contributed by atoms with Gasteiger partial charge in [0, 0.05) is 54.8 Å². The van der Waals surface area contributed by atoms with Crippen molar-refractivity contribution in [3.05, 3.63) is 54.9 Å². The maximum atomic E-state index is 12.0. The highest BCUT2D eigenvalue weighted by molar-refractivity contribution is 7.99. The predicted molar refractivity (Wildman–Crippen MR) is 104 cm³/mol. The Bertz CT molecular complexity index is 643. The van der Waals surface area contributed by atoms with Gasteiger partial charge in [-0.2, -0.15) is 0 Å². The van der Waals surface area contributed by atoms with Gasteiger partial charge in [0.15, 0.2) is 0 Å². The van der Waals surface area contributed by atoms with E-state index in [1.165, 1.54) is 10.6 Å². The molecule has 1 N–H and O–H groups in total. The molecular weight excluding hydrogens is 330 g/mol.